The average Bonchev–Trinajstić information content (AvgIpc) is 2.86. The number of imide groups is 1. The van der Waals surface area contributed by atoms with E-state index in [-0.39, 0.29) is 0 Å². The van der Waals surface area contributed by atoms with E-state index in [1.165, 1.54) is 11.8 Å². The molecule has 6 nitrogen and oxygen atoms in total. The van der Waals surface area contributed by atoms with E-state index in [2.05, 4.69) is 4.98 Å². The summed E-state index contributed by atoms with van der Waals surface area (Å²) in [5.74, 6) is -0.465. The van der Waals surface area contributed by atoms with Crippen LogP contribution in [0.1, 0.15) is 6.92 Å². The number of aromatic nitrogens is 2. The highest BCUT2D eigenvalue weighted by Crippen LogP contribution is 2.25. The van der Waals surface area contributed by atoms with Gasteiger partial charge in [-0.25, -0.2) is 9.78 Å². The van der Waals surface area contributed by atoms with E-state index in [9.17, 15) is 9.59 Å². The minimum Gasteiger partial charge on any atom is -0.351 e. The SMILES string of the molecule is C[C@H](Sc1nccn1-c1cccc(Cl)c1)C(=O)NC(N)=O. The molecule has 0 radical (unpaired) electrons. The first-order chi connectivity index (χ1) is 9.97. The van der Waals surface area contributed by atoms with Crippen molar-refractivity contribution in [3.63, 3.8) is 0 Å². The third-order valence-electron chi connectivity index (χ3n) is 2.59. The van der Waals surface area contributed by atoms with E-state index >= 15 is 0 Å². The van der Waals surface area contributed by atoms with Crippen molar-refractivity contribution in [2.75, 3.05) is 0 Å². The van der Waals surface area contributed by atoms with Crippen molar-refractivity contribution in [1.82, 2.24) is 14.9 Å². The largest absolute Gasteiger partial charge is 0.351 e. The summed E-state index contributed by atoms with van der Waals surface area (Å²) < 4.78 is 1.81. The second-order valence-electron chi connectivity index (χ2n) is 4.17. The first-order valence-corrected chi connectivity index (χ1v) is 7.29. The molecule has 0 aliphatic heterocycles. The van der Waals surface area contributed by atoms with Crippen molar-refractivity contribution < 1.29 is 9.59 Å². The zero-order chi connectivity index (χ0) is 15.4. The predicted molar refractivity (Wildman–Crippen MR) is 81.6 cm³/mol. The fraction of sp³-hybridized carbons (Fsp3) is 0.154. The van der Waals surface area contributed by atoms with Crippen LogP contribution < -0.4 is 11.1 Å². The Hall–Kier alpha value is -1.99. The molecule has 0 bridgehead atoms. The lowest BCUT2D eigenvalue weighted by Gasteiger charge is -2.12. The molecule has 2 rings (SSSR count). The van der Waals surface area contributed by atoms with Gasteiger partial charge in [0.05, 0.1) is 5.25 Å². The number of urea groups is 1. The average molecular weight is 325 g/mol. The third kappa shape index (κ3) is 3.99. The van der Waals surface area contributed by atoms with E-state index in [0.29, 0.717) is 10.2 Å². The van der Waals surface area contributed by atoms with Crippen LogP contribution in [0.15, 0.2) is 41.8 Å². The molecule has 0 spiro atoms. The van der Waals surface area contributed by atoms with Crippen LogP contribution in [0.5, 0.6) is 0 Å². The fourth-order valence-corrected chi connectivity index (χ4v) is 2.70. The quantitative estimate of drug-likeness (QED) is 0.844. The molecule has 2 aromatic rings. The van der Waals surface area contributed by atoms with Crippen LogP contribution in [0.2, 0.25) is 5.02 Å². The highest BCUT2D eigenvalue weighted by atomic mass is 35.5. The standard InChI is InChI=1S/C13H13ClN4O2S/c1-8(11(19)17-12(15)20)21-13-16-5-6-18(13)10-4-2-3-9(14)7-10/h2-8H,1H3,(H3,15,17,19,20)/t8-/m0/s1. The summed E-state index contributed by atoms with van der Waals surface area (Å²) >= 11 is 7.19. The molecular weight excluding hydrogens is 312 g/mol. The Bertz CT molecular complexity index is 674. The predicted octanol–water partition coefficient (Wildman–Crippen LogP) is 2.20. The van der Waals surface area contributed by atoms with Crippen molar-refractivity contribution in [2.24, 2.45) is 5.73 Å². The smallest absolute Gasteiger partial charge is 0.318 e. The van der Waals surface area contributed by atoms with Crippen molar-refractivity contribution in [3.8, 4) is 5.69 Å². The molecule has 110 valence electrons. The Balaban J connectivity index is 2.17. The van der Waals surface area contributed by atoms with Gasteiger partial charge in [-0.1, -0.05) is 29.4 Å². The molecule has 0 saturated heterocycles. The van der Waals surface area contributed by atoms with Crippen LogP contribution in [0.3, 0.4) is 0 Å². The number of carbonyl (C=O) groups excluding carboxylic acids is 2. The maximum Gasteiger partial charge on any atom is 0.318 e. The number of nitrogens with one attached hydrogen (secondary N) is 1. The lowest BCUT2D eigenvalue weighted by Crippen LogP contribution is -2.39. The van der Waals surface area contributed by atoms with Gasteiger partial charge in [0, 0.05) is 23.1 Å². The Morgan fingerprint density at radius 3 is 2.90 bits per heavy atom. The van der Waals surface area contributed by atoms with Gasteiger partial charge in [0.15, 0.2) is 5.16 Å². The summed E-state index contributed by atoms with van der Waals surface area (Å²) in [7, 11) is 0. The summed E-state index contributed by atoms with van der Waals surface area (Å²) in [6.45, 7) is 1.67. The molecule has 1 aromatic carbocycles. The van der Waals surface area contributed by atoms with Gasteiger partial charge in [0.2, 0.25) is 5.91 Å². The summed E-state index contributed by atoms with van der Waals surface area (Å²) in [5, 5.41) is 2.75. The molecule has 21 heavy (non-hydrogen) atoms. The zero-order valence-corrected chi connectivity index (χ0v) is 12.7. The van der Waals surface area contributed by atoms with Crippen molar-refractivity contribution in [2.45, 2.75) is 17.3 Å². The second-order valence-corrected chi connectivity index (χ2v) is 5.92. The van der Waals surface area contributed by atoms with E-state index in [1.54, 1.807) is 31.5 Å². The number of hydrogen-bond donors (Lipinski definition) is 2. The van der Waals surface area contributed by atoms with Gasteiger partial charge < -0.3 is 5.73 Å². The topological polar surface area (TPSA) is 90.0 Å². The number of imidazole rings is 1. The molecule has 1 heterocycles. The zero-order valence-electron chi connectivity index (χ0n) is 11.1. The van der Waals surface area contributed by atoms with Gasteiger partial charge >= 0.3 is 6.03 Å². The fourth-order valence-electron chi connectivity index (χ4n) is 1.63. The van der Waals surface area contributed by atoms with Gasteiger partial charge in [-0.2, -0.15) is 0 Å². The summed E-state index contributed by atoms with van der Waals surface area (Å²) in [4.78, 5) is 26.6. The van der Waals surface area contributed by atoms with Crippen LogP contribution in [-0.2, 0) is 4.79 Å². The molecule has 0 aliphatic rings. The Morgan fingerprint density at radius 2 is 2.24 bits per heavy atom. The molecule has 1 aromatic heterocycles. The number of benzene rings is 1. The highest BCUT2D eigenvalue weighted by molar-refractivity contribution is 8.00. The first kappa shape index (κ1) is 15.4. The van der Waals surface area contributed by atoms with E-state index in [1.807, 2.05) is 22.0 Å². The van der Waals surface area contributed by atoms with E-state index in [4.69, 9.17) is 17.3 Å². The number of carbonyl (C=O) groups is 2. The Kier molecular flexibility index (Phi) is 4.87. The van der Waals surface area contributed by atoms with E-state index < -0.39 is 17.2 Å². The number of thioether (sulfide) groups is 1. The van der Waals surface area contributed by atoms with Gasteiger partial charge in [-0.05, 0) is 25.1 Å². The van der Waals surface area contributed by atoms with Gasteiger partial charge in [-0.15, -0.1) is 0 Å². The van der Waals surface area contributed by atoms with Crippen LogP contribution >= 0.6 is 23.4 Å². The Morgan fingerprint density at radius 1 is 1.48 bits per heavy atom. The highest BCUT2D eigenvalue weighted by Gasteiger charge is 2.18. The lowest BCUT2D eigenvalue weighted by molar-refractivity contribution is -0.119. The maximum atomic E-state index is 11.7. The van der Waals surface area contributed by atoms with Gasteiger partial charge in [0.1, 0.15) is 0 Å². The minimum atomic E-state index is -0.870. The molecular formula is C13H13ClN4O2S. The first-order valence-electron chi connectivity index (χ1n) is 6.03. The summed E-state index contributed by atoms with van der Waals surface area (Å²) in [6.07, 6.45) is 3.40. The molecule has 8 heteroatoms. The number of nitrogens with two attached hydrogens (primary N) is 1. The van der Waals surface area contributed by atoms with Crippen LogP contribution in [-0.4, -0.2) is 26.7 Å². The number of hydrogen-bond acceptors (Lipinski definition) is 4. The monoisotopic (exact) mass is 324 g/mol. The number of amides is 3. The van der Waals surface area contributed by atoms with Crippen LogP contribution in [0, 0.1) is 0 Å². The normalized spacial score (nSPS) is 11.9. The molecule has 0 unspecified atom stereocenters. The van der Waals surface area contributed by atoms with Crippen LogP contribution in [0.25, 0.3) is 5.69 Å². The van der Waals surface area contributed by atoms with Gasteiger partial charge in [-0.3, -0.25) is 14.7 Å². The van der Waals surface area contributed by atoms with Crippen molar-refractivity contribution in [3.05, 3.63) is 41.7 Å². The maximum absolute atomic E-state index is 11.7. The Labute approximate surface area is 130 Å². The minimum absolute atomic E-state index is 0.465. The third-order valence-corrected chi connectivity index (χ3v) is 3.91. The molecule has 1 atom stereocenters. The molecule has 3 amide bonds. The van der Waals surface area contributed by atoms with Crippen molar-refractivity contribution >= 4 is 35.3 Å². The lowest BCUT2D eigenvalue weighted by atomic mass is 10.3. The van der Waals surface area contributed by atoms with Crippen molar-refractivity contribution in [1.29, 1.82) is 0 Å². The van der Waals surface area contributed by atoms with E-state index in [0.717, 1.165) is 5.69 Å². The number of primary amides is 1. The second kappa shape index (κ2) is 6.64. The van der Waals surface area contributed by atoms with Crippen LogP contribution in [0.4, 0.5) is 4.79 Å². The summed E-state index contributed by atoms with van der Waals surface area (Å²) in [6, 6.07) is 6.41. The number of halogens is 1. The number of nitrogens with zero attached hydrogens (tertiary/aromatic N) is 2. The number of rotatable bonds is 4. The molecule has 0 aliphatic carbocycles. The van der Waals surface area contributed by atoms with Gasteiger partial charge in [0.25, 0.3) is 0 Å². The molecule has 0 fully saturated rings. The molecule has 3 N–H and O–H groups in total. The summed E-state index contributed by atoms with van der Waals surface area (Å²) in [5.41, 5.74) is 5.76. The molecule has 0 saturated carbocycles.